The summed E-state index contributed by atoms with van der Waals surface area (Å²) >= 11 is 12.1. The molecule has 4 heteroatoms. The first-order chi connectivity index (χ1) is 8.11. The molecule has 0 bridgehead atoms. The molecular weight excluding hydrogens is 260 g/mol. The van der Waals surface area contributed by atoms with Gasteiger partial charge in [-0.25, -0.2) is 4.39 Å². The Kier molecular flexibility index (Phi) is 3.55. The lowest BCUT2D eigenvalue weighted by atomic mass is 10.0. The predicted molar refractivity (Wildman–Crippen MR) is 71.4 cm³/mol. The molecule has 2 rings (SSSR count). The molecule has 2 aromatic rings. The van der Waals surface area contributed by atoms with Gasteiger partial charge >= 0.3 is 0 Å². The van der Waals surface area contributed by atoms with Gasteiger partial charge in [0.15, 0.2) is 0 Å². The molecule has 0 heterocycles. The van der Waals surface area contributed by atoms with Crippen molar-refractivity contribution < 1.29 is 4.39 Å². The minimum atomic E-state index is -0.361. The number of benzene rings is 2. The topological polar surface area (TPSA) is 12.0 Å². The Balaban J connectivity index is 2.59. The summed E-state index contributed by atoms with van der Waals surface area (Å²) in [5.41, 5.74) is 2.42. The zero-order chi connectivity index (χ0) is 12.4. The van der Waals surface area contributed by atoms with Crippen molar-refractivity contribution in [1.82, 2.24) is 0 Å². The van der Waals surface area contributed by atoms with Crippen molar-refractivity contribution in [3.8, 4) is 11.1 Å². The zero-order valence-electron chi connectivity index (χ0n) is 9.10. The van der Waals surface area contributed by atoms with Gasteiger partial charge in [-0.15, -0.1) is 0 Å². The Bertz CT molecular complexity index is 555. The average molecular weight is 270 g/mol. The van der Waals surface area contributed by atoms with E-state index >= 15 is 0 Å². The smallest absolute Gasteiger partial charge is 0.124 e. The molecule has 1 N–H and O–H groups in total. The van der Waals surface area contributed by atoms with Gasteiger partial charge in [0.25, 0.3) is 0 Å². The summed E-state index contributed by atoms with van der Waals surface area (Å²) in [5.74, 6) is -0.361. The Labute approximate surface area is 109 Å². The molecule has 0 aliphatic rings. The van der Waals surface area contributed by atoms with Gasteiger partial charge in [-0.1, -0.05) is 23.2 Å². The summed E-state index contributed by atoms with van der Waals surface area (Å²) in [5, 5.41) is 3.95. The average Bonchev–Trinajstić information content (AvgIpc) is 2.30. The van der Waals surface area contributed by atoms with Crippen LogP contribution in [0.4, 0.5) is 10.1 Å². The van der Waals surface area contributed by atoms with Crippen LogP contribution in [0, 0.1) is 5.82 Å². The van der Waals surface area contributed by atoms with Crippen LogP contribution in [0.15, 0.2) is 36.4 Å². The molecule has 17 heavy (non-hydrogen) atoms. The monoisotopic (exact) mass is 269 g/mol. The SMILES string of the molecule is CNc1ccc(Cl)c(-c2ccc(F)cc2Cl)c1. The van der Waals surface area contributed by atoms with Gasteiger partial charge in [-0.3, -0.25) is 0 Å². The summed E-state index contributed by atoms with van der Waals surface area (Å²) < 4.78 is 13.0. The van der Waals surface area contributed by atoms with E-state index in [9.17, 15) is 4.39 Å². The summed E-state index contributed by atoms with van der Waals surface area (Å²) in [6.45, 7) is 0. The quantitative estimate of drug-likeness (QED) is 0.823. The first kappa shape index (κ1) is 12.2. The molecule has 2 aromatic carbocycles. The molecule has 1 nitrogen and oxygen atoms in total. The normalized spacial score (nSPS) is 10.4. The van der Waals surface area contributed by atoms with Crippen molar-refractivity contribution in [1.29, 1.82) is 0 Å². The lowest BCUT2D eigenvalue weighted by Gasteiger charge is -2.09. The van der Waals surface area contributed by atoms with Gasteiger partial charge in [-0.2, -0.15) is 0 Å². The van der Waals surface area contributed by atoms with Crippen LogP contribution < -0.4 is 5.32 Å². The standard InChI is InChI=1S/C13H10Cl2FN/c1-17-9-3-5-12(14)11(7-9)10-4-2-8(16)6-13(10)15/h2-7,17H,1H3. The molecule has 0 aliphatic carbocycles. The Morgan fingerprint density at radius 2 is 1.71 bits per heavy atom. The summed E-state index contributed by atoms with van der Waals surface area (Å²) in [6.07, 6.45) is 0. The maximum atomic E-state index is 13.0. The van der Waals surface area contributed by atoms with E-state index in [-0.39, 0.29) is 5.82 Å². The number of nitrogens with one attached hydrogen (secondary N) is 1. The van der Waals surface area contributed by atoms with E-state index in [0.29, 0.717) is 10.0 Å². The van der Waals surface area contributed by atoms with E-state index < -0.39 is 0 Å². The van der Waals surface area contributed by atoms with Crippen molar-refractivity contribution in [3.05, 3.63) is 52.3 Å². The second-order valence-corrected chi connectivity index (χ2v) is 4.38. The minimum Gasteiger partial charge on any atom is -0.388 e. The first-order valence-corrected chi connectivity index (χ1v) is 5.80. The third kappa shape index (κ3) is 2.54. The molecular formula is C13H10Cl2FN. The number of rotatable bonds is 2. The van der Waals surface area contributed by atoms with Crippen LogP contribution in [0.1, 0.15) is 0 Å². The van der Waals surface area contributed by atoms with Crippen LogP contribution in [0.5, 0.6) is 0 Å². The van der Waals surface area contributed by atoms with Gasteiger partial charge in [0.1, 0.15) is 5.82 Å². The third-order valence-corrected chi connectivity index (χ3v) is 3.12. The molecule has 0 aromatic heterocycles. The summed E-state index contributed by atoms with van der Waals surface area (Å²) in [6, 6.07) is 9.79. The Hall–Kier alpha value is -1.25. The fraction of sp³-hybridized carbons (Fsp3) is 0.0769. The number of hydrogen-bond acceptors (Lipinski definition) is 1. The van der Waals surface area contributed by atoms with Crippen molar-refractivity contribution in [2.24, 2.45) is 0 Å². The van der Waals surface area contributed by atoms with Crippen LogP contribution in [-0.4, -0.2) is 7.05 Å². The predicted octanol–water partition coefficient (Wildman–Crippen LogP) is 4.84. The molecule has 0 spiro atoms. The Morgan fingerprint density at radius 1 is 0.941 bits per heavy atom. The molecule has 0 amide bonds. The van der Waals surface area contributed by atoms with Gasteiger partial charge < -0.3 is 5.32 Å². The molecule has 0 fully saturated rings. The van der Waals surface area contributed by atoms with E-state index in [1.165, 1.54) is 12.1 Å². The lowest BCUT2D eigenvalue weighted by Crippen LogP contribution is -1.89. The maximum Gasteiger partial charge on any atom is 0.124 e. The Morgan fingerprint density at radius 3 is 2.35 bits per heavy atom. The maximum absolute atomic E-state index is 13.0. The highest BCUT2D eigenvalue weighted by molar-refractivity contribution is 6.36. The molecule has 0 radical (unpaired) electrons. The van der Waals surface area contributed by atoms with Crippen molar-refractivity contribution >= 4 is 28.9 Å². The zero-order valence-corrected chi connectivity index (χ0v) is 10.6. The third-order valence-electron chi connectivity index (χ3n) is 2.48. The molecule has 0 saturated heterocycles. The number of halogens is 3. The number of hydrogen-bond donors (Lipinski definition) is 1. The van der Waals surface area contributed by atoms with Crippen LogP contribution in [0.3, 0.4) is 0 Å². The fourth-order valence-electron chi connectivity index (χ4n) is 1.60. The van der Waals surface area contributed by atoms with Crippen molar-refractivity contribution in [2.45, 2.75) is 0 Å². The van der Waals surface area contributed by atoms with Crippen LogP contribution >= 0.6 is 23.2 Å². The molecule has 0 saturated carbocycles. The van der Waals surface area contributed by atoms with Crippen molar-refractivity contribution in [3.63, 3.8) is 0 Å². The fourth-order valence-corrected chi connectivity index (χ4v) is 2.08. The van der Waals surface area contributed by atoms with Crippen LogP contribution in [0.25, 0.3) is 11.1 Å². The molecule has 0 unspecified atom stereocenters. The van der Waals surface area contributed by atoms with Gasteiger partial charge in [-0.05, 0) is 36.4 Å². The van der Waals surface area contributed by atoms with E-state index in [2.05, 4.69) is 5.32 Å². The molecule has 88 valence electrons. The highest BCUT2D eigenvalue weighted by Gasteiger charge is 2.09. The van der Waals surface area contributed by atoms with Gasteiger partial charge in [0.05, 0.1) is 5.02 Å². The summed E-state index contributed by atoms with van der Waals surface area (Å²) in [4.78, 5) is 0. The molecule has 0 atom stereocenters. The van der Waals surface area contributed by atoms with Crippen LogP contribution in [0.2, 0.25) is 10.0 Å². The minimum absolute atomic E-state index is 0.347. The van der Waals surface area contributed by atoms with E-state index in [0.717, 1.165) is 16.8 Å². The largest absolute Gasteiger partial charge is 0.388 e. The second kappa shape index (κ2) is 4.94. The first-order valence-electron chi connectivity index (χ1n) is 5.04. The van der Waals surface area contributed by atoms with E-state index in [1.54, 1.807) is 12.1 Å². The highest BCUT2D eigenvalue weighted by Crippen LogP contribution is 2.35. The lowest BCUT2D eigenvalue weighted by molar-refractivity contribution is 0.628. The highest BCUT2D eigenvalue weighted by atomic mass is 35.5. The van der Waals surface area contributed by atoms with Gasteiger partial charge in [0.2, 0.25) is 0 Å². The molecule has 0 aliphatic heterocycles. The second-order valence-electron chi connectivity index (χ2n) is 3.57. The van der Waals surface area contributed by atoms with E-state index in [1.807, 2.05) is 19.2 Å². The van der Waals surface area contributed by atoms with Crippen LogP contribution in [-0.2, 0) is 0 Å². The van der Waals surface area contributed by atoms with Gasteiger partial charge in [0, 0.05) is 28.9 Å². The number of anilines is 1. The summed E-state index contributed by atoms with van der Waals surface area (Å²) in [7, 11) is 1.82. The van der Waals surface area contributed by atoms with E-state index in [4.69, 9.17) is 23.2 Å². The van der Waals surface area contributed by atoms with Crippen molar-refractivity contribution in [2.75, 3.05) is 12.4 Å².